The summed E-state index contributed by atoms with van der Waals surface area (Å²) in [6.07, 6.45) is 5.15. The average Bonchev–Trinajstić information content (AvgIpc) is 2.49. The molecular weight excluding hydrogens is 107 g/mol. The van der Waals surface area contributed by atoms with Gasteiger partial charge in [-0.3, -0.25) is 0 Å². The molecule has 0 aromatic heterocycles. The van der Waals surface area contributed by atoms with Crippen molar-refractivity contribution in [1.29, 1.82) is 0 Å². The zero-order valence-corrected chi connectivity index (χ0v) is 4.95. The van der Waals surface area contributed by atoms with Crippen LogP contribution in [-0.4, -0.2) is 23.8 Å². The van der Waals surface area contributed by atoms with Crippen LogP contribution < -0.4 is 0 Å². The number of hydrogen-bond acceptors (Lipinski definition) is 1. The summed E-state index contributed by atoms with van der Waals surface area (Å²) < 4.78 is 5.44. The molecule has 0 bridgehead atoms. The maximum atomic E-state index is 5.44. The number of ether oxygens (including phenoxy) is 1. The Bertz CT molecular complexity index is 114. The molecule has 0 aromatic carbocycles. The van der Waals surface area contributed by atoms with Crippen LogP contribution in [0.15, 0.2) is 0 Å². The van der Waals surface area contributed by atoms with Crippen molar-refractivity contribution in [3.05, 3.63) is 0 Å². The summed E-state index contributed by atoms with van der Waals surface area (Å²) in [6, 6.07) is 0. The highest BCUT2D eigenvalue weighted by atomic mass is 31.1. The van der Waals surface area contributed by atoms with Crippen LogP contribution in [0.25, 0.3) is 0 Å². The van der Waals surface area contributed by atoms with E-state index in [-0.39, 0.29) is 0 Å². The largest absolute Gasteiger partial charge is 0.361 e. The second-order valence-corrected chi connectivity index (χ2v) is 5.26. The van der Waals surface area contributed by atoms with E-state index in [0.717, 1.165) is 6.10 Å². The van der Waals surface area contributed by atoms with Gasteiger partial charge in [-0.25, -0.2) is 0 Å². The van der Waals surface area contributed by atoms with Gasteiger partial charge < -0.3 is 4.74 Å². The second-order valence-electron chi connectivity index (χ2n) is 2.66. The molecule has 3 aliphatic rings. The van der Waals surface area contributed by atoms with Gasteiger partial charge in [-0.2, -0.15) is 0 Å². The molecule has 0 N–H and O–H groups in total. The summed E-state index contributed by atoms with van der Waals surface area (Å²) >= 11 is 0. The fourth-order valence-corrected chi connectivity index (χ4v) is 4.64. The van der Waals surface area contributed by atoms with Gasteiger partial charge in [-0.05, 0) is 12.6 Å². The lowest BCUT2D eigenvalue weighted by molar-refractivity contribution is 0.370. The molecule has 0 amide bonds. The van der Waals surface area contributed by atoms with E-state index in [4.69, 9.17) is 4.74 Å². The molecule has 3 rings (SSSR count). The molecule has 0 aliphatic carbocycles. The molecule has 1 nitrogen and oxygen atoms in total. The van der Waals surface area contributed by atoms with Crippen LogP contribution in [-0.2, 0) is 4.74 Å². The standard InChI is InChI=1S/C5H7OP/c1-2-7-3-5(7)4(1)6-5/h4H,1-3H2. The first-order valence-electron chi connectivity index (χ1n) is 2.85. The Kier molecular flexibility index (Phi) is 0.338. The van der Waals surface area contributed by atoms with Crippen molar-refractivity contribution in [2.24, 2.45) is 0 Å². The third-order valence-electron chi connectivity index (χ3n) is 2.30. The fourth-order valence-electron chi connectivity index (χ4n) is 1.69. The molecule has 3 atom stereocenters. The van der Waals surface area contributed by atoms with Crippen LogP contribution >= 0.6 is 7.92 Å². The number of hydrogen-bond donors (Lipinski definition) is 0. The van der Waals surface area contributed by atoms with Gasteiger partial charge in [0.25, 0.3) is 0 Å². The van der Waals surface area contributed by atoms with E-state index >= 15 is 0 Å². The first-order valence-corrected chi connectivity index (χ1v) is 4.56. The summed E-state index contributed by atoms with van der Waals surface area (Å²) in [7, 11) is 0.471. The molecule has 3 heterocycles. The van der Waals surface area contributed by atoms with Gasteiger partial charge in [0.15, 0.2) is 0 Å². The predicted molar refractivity (Wildman–Crippen MR) is 28.9 cm³/mol. The summed E-state index contributed by atoms with van der Waals surface area (Å²) in [6.45, 7) is 0. The summed E-state index contributed by atoms with van der Waals surface area (Å²) in [5.74, 6) is 0. The monoisotopic (exact) mass is 114 g/mol. The Morgan fingerprint density at radius 3 is 2.86 bits per heavy atom. The third-order valence-corrected chi connectivity index (χ3v) is 5.19. The zero-order valence-electron chi connectivity index (χ0n) is 4.05. The SMILES string of the molecule is C1CP2CC23OC13. The Morgan fingerprint density at radius 2 is 2.71 bits per heavy atom. The zero-order chi connectivity index (χ0) is 4.48. The van der Waals surface area contributed by atoms with E-state index < -0.39 is 0 Å². The lowest BCUT2D eigenvalue weighted by Crippen LogP contribution is -1.87. The van der Waals surface area contributed by atoms with Gasteiger partial charge in [0.2, 0.25) is 0 Å². The minimum absolute atomic E-state index is 0.471. The highest BCUT2D eigenvalue weighted by Crippen LogP contribution is 2.84. The van der Waals surface area contributed by atoms with Crippen LogP contribution in [0.2, 0.25) is 0 Å². The first-order chi connectivity index (χ1) is 3.42. The van der Waals surface area contributed by atoms with Crippen LogP contribution in [0.1, 0.15) is 6.42 Å². The Labute approximate surface area is 43.8 Å². The number of epoxide rings is 1. The summed E-state index contributed by atoms with van der Waals surface area (Å²) in [4.78, 5) is 0. The molecule has 1 spiro atoms. The molecule has 2 heteroatoms. The van der Waals surface area contributed by atoms with Crippen molar-refractivity contribution < 1.29 is 4.74 Å². The molecule has 3 aliphatic heterocycles. The van der Waals surface area contributed by atoms with Crippen molar-refractivity contribution in [2.75, 3.05) is 12.3 Å². The molecule has 3 saturated heterocycles. The highest BCUT2D eigenvalue weighted by Gasteiger charge is 2.76. The minimum atomic E-state index is 0.471. The van der Waals surface area contributed by atoms with Gasteiger partial charge in [0.1, 0.15) is 5.34 Å². The quantitative estimate of drug-likeness (QED) is 0.338. The average molecular weight is 114 g/mol. The van der Waals surface area contributed by atoms with E-state index in [1.807, 2.05) is 0 Å². The van der Waals surface area contributed by atoms with Crippen LogP contribution in [0, 0.1) is 0 Å². The van der Waals surface area contributed by atoms with Crippen molar-refractivity contribution in [3.63, 3.8) is 0 Å². The normalized spacial score (nSPS) is 72.0. The van der Waals surface area contributed by atoms with E-state index in [2.05, 4.69) is 0 Å². The Hall–Kier alpha value is 0.390. The molecule has 3 unspecified atom stereocenters. The summed E-state index contributed by atoms with van der Waals surface area (Å²) in [5.41, 5.74) is 0. The van der Waals surface area contributed by atoms with Crippen LogP contribution in [0.5, 0.6) is 0 Å². The smallest absolute Gasteiger partial charge is 0.117 e. The molecule has 7 heavy (non-hydrogen) atoms. The van der Waals surface area contributed by atoms with Crippen molar-refractivity contribution in [3.8, 4) is 0 Å². The molecular formula is C5H7OP. The van der Waals surface area contributed by atoms with Gasteiger partial charge in [-0.15, -0.1) is 0 Å². The third kappa shape index (κ3) is 0.225. The van der Waals surface area contributed by atoms with E-state index in [1.54, 1.807) is 0 Å². The van der Waals surface area contributed by atoms with E-state index in [0.29, 0.717) is 13.3 Å². The molecule has 3 fully saturated rings. The lowest BCUT2D eigenvalue weighted by atomic mass is 10.3. The summed E-state index contributed by atoms with van der Waals surface area (Å²) in [5, 5.41) is 0.593. The van der Waals surface area contributed by atoms with Gasteiger partial charge in [-0.1, -0.05) is 7.92 Å². The Balaban J connectivity index is 2.12. The van der Waals surface area contributed by atoms with Crippen molar-refractivity contribution in [2.45, 2.75) is 17.9 Å². The van der Waals surface area contributed by atoms with Gasteiger partial charge in [0, 0.05) is 6.16 Å². The molecule has 0 radical (unpaired) electrons. The highest BCUT2D eigenvalue weighted by molar-refractivity contribution is 7.68. The number of rotatable bonds is 0. The van der Waals surface area contributed by atoms with Gasteiger partial charge >= 0.3 is 0 Å². The molecule has 0 saturated carbocycles. The Morgan fingerprint density at radius 1 is 1.71 bits per heavy atom. The van der Waals surface area contributed by atoms with E-state index in [1.165, 1.54) is 18.7 Å². The molecule has 38 valence electrons. The second kappa shape index (κ2) is 0.691. The van der Waals surface area contributed by atoms with Gasteiger partial charge in [0.05, 0.1) is 6.10 Å². The maximum absolute atomic E-state index is 5.44. The lowest BCUT2D eigenvalue weighted by Gasteiger charge is -1.84. The predicted octanol–water partition coefficient (Wildman–Crippen LogP) is 0.981. The first kappa shape index (κ1) is 3.42. The fraction of sp³-hybridized carbons (Fsp3) is 1.00. The van der Waals surface area contributed by atoms with Crippen LogP contribution in [0.4, 0.5) is 0 Å². The van der Waals surface area contributed by atoms with E-state index in [9.17, 15) is 0 Å². The van der Waals surface area contributed by atoms with Crippen molar-refractivity contribution in [1.82, 2.24) is 0 Å². The van der Waals surface area contributed by atoms with Crippen LogP contribution in [0.3, 0.4) is 0 Å². The minimum Gasteiger partial charge on any atom is -0.361 e. The topological polar surface area (TPSA) is 12.5 Å². The molecule has 0 aromatic rings. The maximum Gasteiger partial charge on any atom is 0.117 e. The van der Waals surface area contributed by atoms with Crippen molar-refractivity contribution >= 4 is 7.92 Å².